The van der Waals surface area contributed by atoms with Crippen LogP contribution in [0.4, 0.5) is 5.82 Å². The van der Waals surface area contributed by atoms with Gasteiger partial charge in [0.05, 0.1) is 11.5 Å². The summed E-state index contributed by atoms with van der Waals surface area (Å²) >= 11 is 0. The number of sulfone groups is 1. The number of aromatic nitrogens is 1. The summed E-state index contributed by atoms with van der Waals surface area (Å²) in [5, 5.41) is 0. The van der Waals surface area contributed by atoms with Crippen LogP contribution in [-0.2, 0) is 9.84 Å². The molecule has 0 amide bonds. The average Bonchev–Trinajstić information content (AvgIpc) is 2.51. The van der Waals surface area contributed by atoms with Gasteiger partial charge in [0.15, 0.2) is 9.84 Å². The van der Waals surface area contributed by atoms with E-state index >= 15 is 0 Å². The van der Waals surface area contributed by atoms with Crippen molar-refractivity contribution >= 4 is 15.7 Å². The second-order valence-electron chi connectivity index (χ2n) is 5.56. The van der Waals surface area contributed by atoms with Gasteiger partial charge in [0.2, 0.25) is 0 Å². The van der Waals surface area contributed by atoms with Gasteiger partial charge in [0.25, 0.3) is 0 Å². The molecule has 0 fully saturated rings. The number of hydrogen-bond donors (Lipinski definition) is 0. The molecule has 0 unspecified atom stereocenters. The summed E-state index contributed by atoms with van der Waals surface area (Å²) in [7, 11) is -1.21. The van der Waals surface area contributed by atoms with E-state index in [1.165, 1.54) is 11.8 Å². The van der Waals surface area contributed by atoms with Crippen LogP contribution in [0.2, 0.25) is 0 Å². The van der Waals surface area contributed by atoms with Crippen LogP contribution < -0.4 is 9.64 Å². The van der Waals surface area contributed by atoms with Crippen molar-refractivity contribution in [2.24, 2.45) is 0 Å². The van der Waals surface area contributed by atoms with Gasteiger partial charge in [0, 0.05) is 26.0 Å². The first-order chi connectivity index (χ1) is 10.9. The molecule has 0 aliphatic carbocycles. The van der Waals surface area contributed by atoms with Crippen molar-refractivity contribution < 1.29 is 13.2 Å². The number of anilines is 1. The molecule has 0 N–H and O–H groups in total. The zero-order valence-electron chi connectivity index (χ0n) is 13.7. The molecule has 0 radical (unpaired) electrons. The molecule has 6 heteroatoms. The fraction of sp³-hybridized carbons (Fsp3) is 0.353. The van der Waals surface area contributed by atoms with E-state index in [1.54, 1.807) is 30.5 Å². The fourth-order valence-corrected chi connectivity index (χ4v) is 2.79. The molecular formula is C17H22N2O3S. The lowest BCUT2D eigenvalue weighted by molar-refractivity contribution is 0.311. The Labute approximate surface area is 137 Å². The van der Waals surface area contributed by atoms with E-state index in [0.29, 0.717) is 12.4 Å². The largest absolute Gasteiger partial charge is 0.493 e. The lowest BCUT2D eigenvalue weighted by Gasteiger charge is -2.18. The fourth-order valence-electron chi connectivity index (χ4n) is 2.13. The number of benzene rings is 1. The summed E-state index contributed by atoms with van der Waals surface area (Å²) in [5.74, 6) is 1.51. The highest BCUT2D eigenvalue weighted by atomic mass is 32.2. The minimum Gasteiger partial charge on any atom is -0.493 e. The Morgan fingerprint density at radius 3 is 2.70 bits per heavy atom. The standard InChI is InChI=1S/C17H22N2O3S/c1-14-8-9-18-17(12-14)19(2)10-5-11-22-15-6-4-7-16(13-15)23(3,20)21/h4,6-9,12-13H,5,10-11H2,1-3H3. The molecule has 0 aliphatic heterocycles. The molecule has 0 saturated carbocycles. The van der Waals surface area contributed by atoms with Crippen molar-refractivity contribution in [3.63, 3.8) is 0 Å². The van der Waals surface area contributed by atoms with Gasteiger partial charge < -0.3 is 9.64 Å². The van der Waals surface area contributed by atoms with Gasteiger partial charge in [-0.15, -0.1) is 0 Å². The van der Waals surface area contributed by atoms with Crippen molar-refractivity contribution in [3.8, 4) is 5.75 Å². The summed E-state index contributed by atoms with van der Waals surface area (Å²) in [6, 6.07) is 10.6. The van der Waals surface area contributed by atoms with Crippen LogP contribution in [0.15, 0.2) is 47.5 Å². The molecule has 1 heterocycles. The van der Waals surface area contributed by atoms with Crippen LogP contribution in [0.1, 0.15) is 12.0 Å². The molecule has 23 heavy (non-hydrogen) atoms. The predicted molar refractivity (Wildman–Crippen MR) is 91.9 cm³/mol. The van der Waals surface area contributed by atoms with E-state index in [1.807, 2.05) is 26.1 Å². The van der Waals surface area contributed by atoms with Crippen LogP contribution in [-0.4, -0.2) is 39.9 Å². The topological polar surface area (TPSA) is 59.5 Å². The molecule has 2 rings (SSSR count). The molecule has 5 nitrogen and oxygen atoms in total. The number of rotatable bonds is 7. The third-order valence-corrected chi connectivity index (χ3v) is 4.54. The molecule has 0 spiro atoms. The number of pyridine rings is 1. The van der Waals surface area contributed by atoms with E-state index in [9.17, 15) is 8.42 Å². The number of hydrogen-bond acceptors (Lipinski definition) is 5. The highest BCUT2D eigenvalue weighted by Crippen LogP contribution is 2.17. The van der Waals surface area contributed by atoms with E-state index in [-0.39, 0.29) is 4.90 Å². The minimum absolute atomic E-state index is 0.274. The van der Waals surface area contributed by atoms with Crippen molar-refractivity contribution in [1.82, 2.24) is 4.98 Å². The summed E-state index contributed by atoms with van der Waals surface area (Å²) < 4.78 is 28.7. The zero-order valence-corrected chi connectivity index (χ0v) is 14.5. The van der Waals surface area contributed by atoms with Crippen LogP contribution in [0.5, 0.6) is 5.75 Å². The van der Waals surface area contributed by atoms with Crippen LogP contribution in [0.3, 0.4) is 0 Å². The van der Waals surface area contributed by atoms with Crippen molar-refractivity contribution in [2.75, 3.05) is 31.4 Å². The Balaban J connectivity index is 1.84. The molecule has 2 aromatic rings. The molecule has 0 atom stereocenters. The lowest BCUT2D eigenvalue weighted by atomic mass is 10.3. The Kier molecular flexibility index (Phi) is 5.60. The predicted octanol–water partition coefficient (Wildman–Crippen LogP) is 2.70. The maximum absolute atomic E-state index is 11.5. The summed E-state index contributed by atoms with van der Waals surface area (Å²) in [6.45, 7) is 3.36. The second-order valence-corrected chi connectivity index (χ2v) is 7.58. The Morgan fingerprint density at radius 1 is 1.22 bits per heavy atom. The smallest absolute Gasteiger partial charge is 0.175 e. The molecule has 0 bridgehead atoms. The summed E-state index contributed by atoms with van der Waals surface area (Å²) in [5.41, 5.74) is 1.18. The van der Waals surface area contributed by atoms with Crippen LogP contribution in [0, 0.1) is 6.92 Å². The van der Waals surface area contributed by atoms with Crippen molar-refractivity contribution in [3.05, 3.63) is 48.2 Å². The number of ether oxygens (including phenoxy) is 1. The van der Waals surface area contributed by atoms with Gasteiger partial charge in [-0.05, 0) is 49.2 Å². The first kappa shape index (κ1) is 17.3. The molecule has 1 aromatic carbocycles. The number of nitrogens with zero attached hydrogens (tertiary/aromatic N) is 2. The van der Waals surface area contributed by atoms with Gasteiger partial charge in [-0.25, -0.2) is 13.4 Å². The van der Waals surface area contributed by atoms with E-state index in [0.717, 1.165) is 18.8 Å². The van der Waals surface area contributed by atoms with Crippen molar-refractivity contribution in [2.45, 2.75) is 18.2 Å². The Morgan fingerprint density at radius 2 is 2.00 bits per heavy atom. The number of aryl methyl sites for hydroxylation is 1. The van der Waals surface area contributed by atoms with Crippen LogP contribution in [0.25, 0.3) is 0 Å². The normalized spacial score (nSPS) is 11.3. The van der Waals surface area contributed by atoms with Crippen molar-refractivity contribution in [1.29, 1.82) is 0 Å². The van der Waals surface area contributed by atoms with Gasteiger partial charge in [0.1, 0.15) is 11.6 Å². The molecule has 0 aliphatic rings. The zero-order chi connectivity index (χ0) is 16.9. The van der Waals surface area contributed by atoms with Gasteiger partial charge in [-0.3, -0.25) is 0 Å². The third-order valence-electron chi connectivity index (χ3n) is 3.43. The van der Waals surface area contributed by atoms with E-state index < -0.39 is 9.84 Å². The molecule has 0 saturated heterocycles. The van der Waals surface area contributed by atoms with Gasteiger partial charge in [-0.2, -0.15) is 0 Å². The van der Waals surface area contributed by atoms with Crippen LogP contribution >= 0.6 is 0 Å². The SMILES string of the molecule is Cc1ccnc(N(C)CCCOc2cccc(S(C)(=O)=O)c2)c1. The quantitative estimate of drug-likeness (QED) is 0.729. The summed E-state index contributed by atoms with van der Waals surface area (Å²) in [6.07, 6.45) is 3.81. The maximum Gasteiger partial charge on any atom is 0.175 e. The Hall–Kier alpha value is -2.08. The average molecular weight is 334 g/mol. The minimum atomic E-state index is -3.21. The molecule has 124 valence electrons. The Bertz CT molecular complexity index is 760. The molecule has 1 aromatic heterocycles. The highest BCUT2D eigenvalue weighted by Gasteiger charge is 2.08. The highest BCUT2D eigenvalue weighted by molar-refractivity contribution is 7.90. The monoisotopic (exact) mass is 334 g/mol. The second kappa shape index (κ2) is 7.46. The first-order valence-corrected chi connectivity index (χ1v) is 9.32. The molecular weight excluding hydrogens is 312 g/mol. The van der Waals surface area contributed by atoms with Gasteiger partial charge >= 0.3 is 0 Å². The first-order valence-electron chi connectivity index (χ1n) is 7.43. The van der Waals surface area contributed by atoms with E-state index in [4.69, 9.17) is 4.74 Å². The lowest BCUT2D eigenvalue weighted by Crippen LogP contribution is -2.21. The van der Waals surface area contributed by atoms with Gasteiger partial charge in [-0.1, -0.05) is 6.07 Å². The summed E-state index contributed by atoms with van der Waals surface area (Å²) in [4.78, 5) is 6.68. The van der Waals surface area contributed by atoms with E-state index in [2.05, 4.69) is 9.88 Å². The maximum atomic E-state index is 11.5. The third kappa shape index (κ3) is 5.25.